The van der Waals surface area contributed by atoms with Crippen LogP contribution < -0.4 is 15.2 Å². The fourth-order valence-electron chi connectivity index (χ4n) is 0.866. The maximum atomic E-state index is 11.3. The van der Waals surface area contributed by atoms with Crippen LogP contribution in [0.3, 0.4) is 0 Å². The van der Waals surface area contributed by atoms with Crippen LogP contribution in [0.25, 0.3) is 0 Å². The third-order valence-electron chi connectivity index (χ3n) is 1.83. The summed E-state index contributed by atoms with van der Waals surface area (Å²) in [5, 5.41) is 25.8. The highest BCUT2D eigenvalue weighted by Crippen LogP contribution is 1.89. The van der Waals surface area contributed by atoms with Crippen molar-refractivity contribution in [3.8, 4) is 0 Å². The molecule has 0 heterocycles. The molecule has 0 aliphatic carbocycles. The van der Waals surface area contributed by atoms with Crippen LogP contribution >= 0.6 is 0 Å². The van der Waals surface area contributed by atoms with Crippen LogP contribution in [0.5, 0.6) is 0 Å². The fourth-order valence-corrected chi connectivity index (χ4v) is 1.92. The number of aliphatic hydroxyl groups excluding tert-OH is 2. The summed E-state index contributed by atoms with van der Waals surface area (Å²) in [5.74, 6) is -1.22. The molecule has 0 saturated heterocycles. The number of nitrogens with one attached hydrogen (secondary N) is 2. The quantitative estimate of drug-likeness (QED) is 0.254. The van der Waals surface area contributed by atoms with Gasteiger partial charge in [-0.05, 0) is 6.42 Å². The van der Waals surface area contributed by atoms with E-state index in [1.165, 1.54) is 0 Å². The standard InChI is InChI=1S/C7H17N3O6S/c8-6(7(13)14)1-2-9-17(15,16)10-5(3-11)4-12/h5-6,9-12H,1-4,8H2,(H,13,14)/t6-/m0/s1. The molecule has 0 rings (SSSR count). The van der Waals surface area contributed by atoms with Crippen LogP contribution in [0.2, 0.25) is 0 Å². The van der Waals surface area contributed by atoms with Gasteiger partial charge in [-0.3, -0.25) is 4.79 Å². The third-order valence-corrected chi connectivity index (χ3v) is 3.06. The number of rotatable bonds is 9. The van der Waals surface area contributed by atoms with Crippen molar-refractivity contribution in [1.82, 2.24) is 9.44 Å². The van der Waals surface area contributed by atoms with Gasteiger partial charge in [-0.2, -0.15) is 13.1 Å². The van der Waals surface area contributed by atoms with Crippen LogP contribution in [0, 0.1) is 0 Å². The lowest BCUT2D eigenvalue weighted by molar-refractivity contribution is -0.138. The number of nitrogens with two attached hydrogens (primary N) is 1. The summed E-state index contributed by atoms with van der Waals surface area (Å²) in [7, 11) is -3.89. The highest BCUT2D eigenvalue weighted by Gasteiger charge is 2.17. The fraction of sp³-hybridized carbons (Fsp3) is 0.857. The molecule has 0 spiro atoms. The number of hydrogen-bond acceptors (Lipinski definition) is 6. The molecular formula is C7H17N3O6S. The van der Waals surface area contributed by atoms with E-state index in [0.29, 0.717) is 0 Å². The zero-order chi connectivity index (χ0) is 13.5. The zero-order valence-corrected chi connectivity index (χ0v) is 9.85. The van der Waals surface area contributed by atoms with Gasteiger partial charge in [0.25, 0.3) is 10.2 Å². The Morgan fingerprint density at radius 2 is 1.82 bits per heavy atom. The molecule has 17 heavy (non-hydrogen) atoms. The van der Waals surface area contributed by atoms with Gasteiger partial charge in [0.2, 0.25) is 0 Å². The van der Waals surface area contributed by atoms with Gasteiger partial charge in [-0.25, -0.2) is 4.72 Å². The van der Waals surface area contributed by atoms with Gasteiger partial charge in [0, 0.05) is 6.54 Å². The van der Waals surface area contributed by atoms with Gasteiger partial charge in [-0.1, -0.05) is 0 Å². The molecule has 0 aromatic rings. The molecule has 0 aromatic carbocycles. The summed E-state index contributed by atoms with van der Waals surface area (Å²) in [6, 6.07) is -2.15. The molecule has 7 N–H and O–H groups in total. The summed E-state index contributed by atoms with van der Waals surface area (Å²) in [4.78, 5) is 10.3. The second-order valence-electron chi connectivity index (χ2n) is 3.31. The monoisotopic (exact) mass is 271 g/mol. The van der Waals surface area contributed by atoms with E-state index in [4.69, 9.17) is 21.1 Å². The van der Waals surface area contributed by atoms with E-state index < -0.39 is 41.5 Å². The normalized spacial score (nSPS) is 13.9. The van der Waals surface area contributed by atoms with Crippen LogP contribution in [-0.2, 0) is 15.0 Å². The number of hydrogen-bond donors (Lipinski definition) is 6. The largest absolute Gasteiger partial charge is 0.480 e. The number of carbonyl (C=O) groups is 1. The molecule has 0 bridgehead atoms. The Bertz CT molecular complexity index is 329. The summed E-state index contributed by atoms with van der Waals surface area (Å²) in [5.41, 5.74) is 5.16. The molecule has 0 aromatic heterocycles. The molecule has 1 atom stereocenters. The van der Waals surface area contributed by atoms with Crippen LogP contribution in [0.1, 0.15) is 6.42 Å². The minimum Gasteiger partial charge on any atom is -0.480 e. The summed E-state index contributed by atoms with van der Waals surface area (Å²) >= 11 is 0. The van der Waals surface area contributed by atoms with Crippen LogP contribution in [0.15, 0.2) is 0 Å². The number of carboxylic acids is 1. The number of carboxylic acid groups (broad SMARTS) is 1. The molecule has 0 amide bonds. The zero-order valence-electron chi connectivity index (χ0n) is 9.04. The summed E-state index contributed by atoms with van der Waals surface area (Å²) < 4.78 is 26.6. The van der Waals surface area contributed by atoms with E-state index >= 15 is 0 Å². The Morgan fingerprint density at radius 1 is 1.29 bits per heavy atom. The molecule has 0 aliphatic heterocycles. The predicted molar refractivity (Wildman–Crippen MR) is 58.2 cm³/mol. The minimum atomic E-state index is -3.89. The summed E-state index contributed by atoms with van der Waals surface area (Å²) in [6.45, 7) is -1.26. The molecular weight excluding hydrogens is 254 g/mol. The average Bonchev–Trinajstić information content (AvgIpc) is 2.25. The number of aliphatic carboxylic acids is 1. The molecule has 0 saturated carbocycles. The highest BCUT2D eigenvalue weighted by molar-refractivity contribution is 7.87. The van der Waals surface area contributed by atoms with E-state index in [0.717, 1.165) is 0 Å². The van der Waals surface area contributed by atoms with Crippen molar-refractivity contribution < 1.29 is 28.5 Å². The molecule has 0 aliphatic rings. The van der Waals surface area contributed by atoms with Crippen molar-refractivity contribution in [3.63, 3.8) is 0 Å². The lowest BCUT2D eigenvalue weighted by Crippen LogP contribution is -2.47. The van der Waals surface area contributed by atoms with Gasteiger partial charge in [0.05, 0.1) is 19.3 Å². The smallest absolute Gasteiger partial charge is 0.320 e. The first-order chi connectivity index (χ1) is 7.82. The molecule has 9 nitrogen and oxygen atoms in total. The van der Waals surface area contributed by atoms with Gasteiger partial charge < -0.3 is 21.1 Å². The highest BCUT2D eigenvalue weighted by atomic mass is 32.2. The van der Waals surface area contributed by atoms with Gasteiger partial charge in [-0.15, -0.1) is 0 Å². The molecule has 102 valence electrons. The van der Waals surface area contributed by atoms with Crippen molar-refractivity contribution in [3.05, 3.63) is 0 Å². The van der Waals surface area contributed by atoms with Gasteiger partial charge in [0.1, 0.15) is 6.04 Å². The third kappa shape index (κ3) is 7.20. The minimum absolute atomic E-state index is 0.0703. The average molecular weight is 271 g/mol. The van der Waals surface area contributed by atoms with Crippen molar-refractivity contribution in [2.45, 2.75) is 18.5 Å². The van der Waals surface area contributed by atoms with Crippen molar-refractivity contribution in [2.24, 2.45) is 5.73 Å². The Hall–Kier alpha value is -0.780. The Labute approximate surface area is 98.8 Å². The lowest BCUT2D eigenvalue weighted by Gasteiger charge is -2.14. The SMILES string of the molecule is N[C@@H](CCNS(=O)(=O)NC(CO)CO)C(=O)O. The Morgan fingerprint density at radius 3 is 2.24 bits per heavy atom. The molecule has 0 fully saturated rings. The number of aliphatic hydroxyl groups is 2. The first kappa shape index (κ1) is 16.2. The first-order valence-electron chi connectivity index (χ1n) is 4.79. The maximum Gasteiger partial charge on any atom is 0.320 e. The first-order valence-corrected chi connectivity index (χ1v) is 6.27. The second kappa shape index (κ2) is 7.53. The Kier molecular flexibility index (Phi) is 7.18. The second-order valence-corrected chi connectivity index (χ2v) is 4.84. The topological polar surface area (TPSA) is 162 Å². The van der Waals surface area contributed by atoms with Gasteiger partial charge >= 0.3 is 5.97 Å². The van der Waals surface area contributed by atoms with Crippen molar-refractivity contribution >= 4 is 16.2 Å². The molecule has 10 heteroatoms. The van der Waals surface area contributed by atoms with E-state index in [-0.39, 0.29) is 13.0 Å². The van der Waals surface area contributed by atoms with E-state index in [2.05, 4.69) is 0 Å². The molecule has 0 radical (unpaired) electrons. The lowest BCUT2D eigenvalue weighted by atomic mass is 10.2. The summed E-state index contributed by atoms with van der Waals surface area (Å²) in [6.07, 6.45) is -0.0703. The van der Waals surface area contributed by atoms with Crippen LogP contribution in [-0.4, -0.2) is 61.5 Å². The maximum absolute atomic E-state index is 11.3. The van der Waals surface area contributed by atoms with E-state index in [9.17, 15) is 13.2 Å². The van der Waals surface area contributed by atoms with Crippen LogP contribution in [0.4, 0.5) is 0 Å². The van der Waals surface area contributed by atoms with E-state index in [1.807, 2.05) is 9.44 Å². The molecule has 0 unspecified atom stereocenters. The predicted octanol–water partition coefficient (Wildman–Crippen LogP) is -3.43. The van der Waals surface area contributed by atoms with Gasteiger partial charge in [0.15, 0.2) is 0 Å². The van der Waals surface area contributed by atoms with E-state index in [1.54, 1.807) is 0 Å². The van der Waals surface area contributed by atoms with Crippen molar-refractivity contribution in [2.75, 3.05) is 19.8 Å². The van der Waals surface area contributed by atoms with Crippen molar-refractivity contribution in [1.29, 1.82) is 0 Å². The Balaban J connectivity index is 4.06.